The first kappa shape index (κ1) is 12.6. The molecule has 0 unspecified atom stereocenters. The highest BCUT2D eigenvalue weighted by molar-refractivity contribution is 5.50. The summed E-state index contributed by atoms with van der Waals surface area (Å²) in [6, 6.07) is 9.34. The van der Waals surface area contributed by atoms with E-state index in [-0.39, 0.29) is 0 Å². The van der Waals surface area contributed by atoms with E-state index in [2.05, 4.69) is 30.3 Å². The van der Waals surface area contributed by atoms with Gasteiger partial charge >= 0.3 is 0 Å². The number of nitrogens with two attached hydrogens (primary N) is 1. The van der Waals surface area contributed by atoms with Gasteiger partial charge in [0.05, 0.1) is 0 Å². The summed E-state index contributed by atoms with van der Waals surface area (Å²) in [6.07, 6.45) is 13.1. The largest absolute Gasteiger partial charge is 0.327 e. The molecule has 0 aromatic heterocycles. The summed E-state index contributed by atoms with van der Waals surface area (Å²) in [4.78, 5) is 0. The molecule has 1 nitrogen and oxygen atoms in total. The van der Waals surface area contributed by atoms with Gasteiger partial charge in [-0.3, -0.25) is 0 Å². The first-order valence-corrected chi connectivity index (χ1v) is 8.24. The molecular formula is C19H25N. The van der Waals surface area contributed by atoms with Crippen molar-refractivity contribution >= 4 is 6.08 Å². The third-order valence-electron chi connectivity index (χ3n) is 6.01. The van der Waals surface area contributed by atoms with Crippen molar-refractivity contribution in [3.63, 3.8) is 0 Å². The summed E-state index contributed by atoms with van der Waals surface area (Å²) < 4.78 is 0. The van der Waals surface area contributed by atoms with E-state index >= 15 is 0 Å². The minimum atomic E-state index is 0.533. The Labute approximate surface area is 122 Å². The van der Waals surface area contributed by atoms with Crippen LogP contribution in [0.25, 0.3) is 6.08 Å². The van der Waals surface area contributed by atoms with E-state index in [1.807, 2.05) is 6.08 Å². The van der Waals surface area contributed by atoms with Crippen LogP contribution in [0.15, 0.2) is 30.3 Å². The van der Waals surface area contributed by atoms with Crippen LogP contribution in [0.1, 0.15) is 49.7 Å². The van der Waals surface area contributed by atoms with Gasteiger partial charge in [0.1, 0.15) is 0 Å². The molecule has 0 spiro atoms. The lowest BCUT2D eigenvalue weighted by Crippen LogP contribution is -2.48. The summed E-state index contributed by atoms with van der Waals surface area (Å²) in [5, 5.41) is 0. The molecule has 0 saturated heterocycles. The fourth-order valence-electron chi connectivity index (χ4n) is 5.62. The molecule has 4 aliphatic carbocycles. The van der Waals surface area contributed by atoms with Crippen LogP contribution in [0.2, 0.25) is 0 Å². The van der Waals surface area contributed by atoms with Crippen LogP contribution >= 0.6 is 0 Å². The Morgan fingerprint density at radius 3 is 2.00 bits per heavy atom. The first-order valence-electron chi connectivity index (χ1n) is 8.24. The second kappa shape index (κ2) is 4.73. The highest BCUT2D eigenvalue weighted by atomic mass is 14.6. The lowest BCUT2D eigenvalue weighted by Gasteiger charge is -2.57. The maximum atomic E-state index is 5.52. The van der Waals surface area contributed by atoms with E-state index in [1.165, 1.54) is 44.1 Å². The molecule has 2 N–H and O–H groups in total. The SMILES string of the molecule is NC/C=C/c1ccc(C23CC4CC(CC(C4)C2)C3)cc1. The van der Waals surface area contributed by atoms with Gasteiger partial charge in [-0.05, 0) is 72.8 Å². The van der Waals surface area contributed by atoms with Gasteiger partial charge in [0.2, 0.25) is 0 Å². The molecule has 4 fully saturated rings. The van der Waals surface area contributed by atoms with Crippen molar-refractivity contribution in [2.75, 3.05) is 6.54 Å². The summed E-state index contributed by atoms with van der Waals surface area (Å²) in [5.41, 5.74) is 8.95. The third-order valence-corrected chi connectivity index (χ3v) is 6.01. The Kier molecular flexibility index (Phi) is 2.99. The van der Waals surface area contributed by atoms with Crippen LogP contribution in [0, 0.1) is 17.8 Å². The quantitative estimate of drug-likeness (QED) is 0.875. The highest BCUT2D eigenvalue weighted by Gasteiger charge is 2.51. The molecule has 5 rings (SSSR count). The van der Waals surface area contributed by atoms with Crippen LogP contribution < -0.4 is 5.73 Å². The highest BCUT2D eigenvalue weighted by Crippen LogP contribution is 2.60. The molecule has 0 atom stereocenters. The first-order chi connectivity index (χ1) is 9.77. The molecular weight excluding hydrogens is 242 g/mol. The molecule has 0 aliphatic heterocycles. The summed E-state index contributed by atoms with van der Waals surface area (Å²) in [7, 11) is 0. The molecule has 4 bridgehead atoms. The predicted octanol–water partition coefficient (Wildman–Crippen LogP) is 4.13. The van der Waals surface area contributed by atoms with Crippen LogP contribution in [-0.2, 0) is 5.41 Å². The van der Waals surface area contributed by atoms with Gasteiger partial charge in [-0.15, -0.1) is 0 Å². The van der Waals surface area contributed by atoms with Gasteiger partial charge in [0.15, 0.2) is 0 Å². The Hall–Kier alpha value is -1.08. The van der Waals surface area contributed by atoms with Crippen LogP contribution in [0.3, 0.4) is 0 Å². The zero-order valence-corrected chi connectivity index (χ0v) is 12.2. The smallest absolute Gasteiger partial charge is 0.0110 e. The molecule has 106 valence electrons. The van der Waals surface area contributed by atoms with Crippen LogP contribution in [0.5, 0.6) is 0 Å². The number of hydrogen-bond acceptors (Lipinski definition) is 1. The molecule has 4 saturated carbocycles. The molecule has 1 heteroatoms. The molecule has 0 radical (unpaired) electrons. The van der Waals surface area contributed by atoms with Gasteiger partial charge in [-0.2, -0.15) is 0 Å². The molecule has 4 aliphatic rings. The van der Waals surface area contributed by atoms with E-state index in [0.717, 1.165) is 17.8 Å². The van der Waals surface area contributed by atoms with E-state index in [1.54, 1.807) is 5.56 Å². The molecule has 20 heavy (non-hydrogen) atoms. The summed E-state index contributed by atoms with van der Waals surface area (Å²) >= 11 is 0. The number of benzene rings is 1. The van der Waals surface area contributed by atoms with Crippen molar-refractivity contribution in [1.82, 2.24) is 0 Å². The number of rotatable bonds is 3. The summed E-state index contributed by atoms with van der Waals surface area (Å²) in [5.74, 6) is 3.08. The van der Waals surface area contributed by atoms with Crippen molar-refractivity contribution in [2.24, 2.45) is 23.5 Å². The minimum absolute atomic E-state index is 0.533. The maximum absolute atomic E-state index is 5.52. The minimum Gasteiger partial charge on any atom is -0.327 e. The normalized spacial score (nSPS) is 38.8. The fraction of sp³-hybridized carbons (Fsp3) is 0.579. The Morgan fingerprint density at radius 2 is 1.50 bits per heavy atom. The average Bonchev–Trinajstić information content (AvgIpc) is 2.44. The van der Waals surface area contributed by atoms with Gasteiger partial charge in [-0.25, -0.2) is 0 Å². The second-order valence-corrected chi connectivity index (χ2v) is 7.46. The van der Waals surface area contributed by atoms with Gasteiger partial charge < -0.3 is 5.73 Å². The van der Waals surface area contributed by atoms with Crippen molar-refractivity contribution in [3.8, 4) is 0 Å². The predicted molar refractivity (Wildman–Crippen MR) is 84.4 cm³/mol. The van der Waals surface area contributed by atoms with E-state index in [0.29, 0.717) is 12.0 Å². The molecule has 0 amide bonds. The summed E-state index contributed by atoms with van der Waals surface area (Å²) in [6.45, 7) is 0.622. The van der Waals surface area contributed by atoms with E-state index < -0.39 is 0 Å². The lowest BCUT2D eigenvalue weighted by atomic mass is 9.48. The zero-order valence-electron chi connectivity index (χ0n) is 12.2. The van der Waals surface area contributed by atoms with E-state index in [4.69, 9.17) is 5.73 Å². The van der Waals surface area contributed by atoms with Crippen molar-refractivity contribution < 1.29 is 0 Å². The van der Waals surface area contributed by atoms with Crippen molar-refractivity contribution in [1.29, 1.82) is 0 Å². The van der Waals surface area contributed by atoms with Gasteiger partial charge in [-0.1, -0.05) is 36.4 Å². The molecule has 1 aromatic rings. The Bertz CT molecular complexity index is 476. The maximum Gasteiger partial charge on any atom is 0.0110 e. The number of hydrogen-bond donors (Lipinski definition) is 1. The zero-order chi connectivity index (χ0) is 13.6. The van der Waals surface area contributed by atoms with Crippen molar-refractivity contribution in [2.45, 2.75) is 43.9 Å². The third kappa shape index (κ3) is 2.03. The standard InChI is InChI=1S/C19H25N/c20-7-1-2-14-3-5-18(6-4-14)19-11-15-8-16(12-19)10-17(9-15)13-19/h1-6,15-17H,7-13,20H2/b2-1+. The Balaban J connectivity index is 1.62. The topological polar surface area (TPSA) is 26.0 Å². The van der Waals surface area contributed by atoms with Gasteiger partial charge in [0, 0.05) is 6.54 Å². The Morgan fingerprint density at radius 1 is 0.950 bits per heavy atom. The fourth-order valence-corrected chi connectivity index (χ4v) is 5.62. The van der Waals surface area contributed by atoms with Crippen molar-refractivity contribution in [3.05, 3.63) is 41.5 Å². The van der Waals surface area contributed by atoms with E-state index in [9.17, 15) is 0 Å². The van der Waals surface area contributed by atoms with Gasteiger partial charge in [0.25, 0.3) is 0 Å². The average molecular weight is 267 g/mol. The second-order valence-electron chi connectivity index (χ2n) is 7.46. The van der Waals surface area contributed by atoms with Crippen LogP contribution in [-0.4, -0.2) is 6.54 Å². The van der Waals surface area contributed by atoms with Crippen LogP contribution in [0.4, 0.5) is 0 Å². The lowest BCUT2D eigenvalue weighted by molar-refractivity contribution is -0.00518. The molecule has 1 aromatic carbocycles. The molecule has 0 heterocycles. The monoisotopic (exact) mass is 267 g/mol.